The molecule has 1 heterocycles. The summed E-state index contributed by atoms with van der Waals surface area (Å²) in [4.78, 5) is 2.64. The lowest BCUT2D eigenvalue weighted by Gasteiger charge is -2.37. The van der Waals surface area contributed by atoms with Crippen molar-refractivity contribution >= 4 is 0 Å². The zero-order valence-corrected chi connectivity index (χ0v) is 11.9. The molecular formula is C15H30N2. The maximum atomic E-state index is 3.89. The lowest BCUT2D eigenvalue weighted by Crippen LogP contribution is -2.48. The van der Waals surface area contributed by atoms with Gasteiger partial charge in [0.1, 0.15) is 0 Å². The Balaban J connectivity index is 1.80. The van der Waals surface area contributed by atoms with E-state index in [1.807, 2.05) is 0 Å². The number of likely N-dealkylation sites (tertiary alicyclic amines) is 1. The molecule has 1 aliphatic heterocycles. The van der Waals surface area contributed by atoms with Crippen LogP contribution in [0.2, 0.25) is 0 Å². The maximum absolute atomic E-state index is 3.89. The van der Waals surface area contributed by atoms with Crippen LogP contribution >= 0.6 is 0 Å². The first kappa shape index (κ1) is 13.4. The van der Waals surface area contributed by atoms with Gasteiger partial charge in [0.15, 0.2) is 0 Å². The highest BCUT2D eigenvalue weighted by atomic mass is 15.2. The van der Waals surface area contributed by atoms with Gasteiger partial charge in [-0.25, -0.2) is 0 Å². The Morgan fingerprint density at radius 3 is 2.41 bits per heavy atom. The van der Waals surface area contributed by atoms with Crippen LogP contribution in [0, 0.1) is 11.8 Å². The van der Waals surface area contributed by atoms with Crippen molar-refractivity contribution < 1.29 is 0 Å². The Morgan fingerprint density at radius 1 is 1.06 bits per heavy atom. The number of hydrogen-bond donors (Lipinski definition) is 1. The summed E-state index contributed by atoms with van der Waals surface area (Å²) in [6.07, 6.45) is 7.08. The van der Waals surface area contributed by atoms with E-state index in [0.717, 1.165) is 23.9 Å². The highest BCUT2D eigenvalue weighted by Gasteiger charge is 2.29. The number of rotatable bonds is 4. The van der Waals surface area contributed by atoms with Crippen molar-refractivity contribution in [2.24, 2.45) is 11.8 Å². The normalized spacial score (nSPS) is 39.7. The molecule has 17 heavy (non-hydrogen) atoms. The number of nitrogens with one attached hydrogen (secondary N) is 1. The summed E-state index contributed by atoms with van der Waals surface area (Å²) >= 11 is 0. The van der Waals surface area contributed by atoms with Crippen LogP contribution in [-0.2, 0) is 0 Å². The predicted octanol–water partition coefficient (Wildman–Crippen LogP) is 2.89. The Morgan fingerprint density at radius 2 is 1.76 bits per heavy atom. The van der Waals surface area contributed by atoms with Crippen LogP contribution in [0.1, 0.15) is 52.9 Å². The quantitative estimate of drug-likeness (QED) is 0.810. The molecule has 2 heteroatoms. The number of nitrogens with zero attached hydrogens (tertiary/aromatic N) is 1. The molecule has 1 saturated carbocycles. The first-order valence-corrected chi connectivity index (χ1v) is 7.69. The van der Waals surface area contributed by atoms with E-state index in [-0.39, 0.29) is 0 Å². The fourth-order valence-corrected chi connectivity index (χ4v) is 3.90. The second kappa shape index (κ2) is 6.19. The van der Waals surface area contributed by atoms with Crippen LogP contribution in [0.15, 0.2) is 0 Å². The smallest absolute Gasteiger partial charge is 0.0221 e. The molecule has 0 spiro atoms. The van der Waals surface area contributed by atoms with Gasteiger partial charge in [-0.15, -0.1) is 0 Å². The molecule has 2 nitrogen and oxygen atoms in total. The summed E-state index contributed by atoms with van der Waals surface area (Å²) in [5.74, 6) is 1.74. The fraction of sp³-hybridized carbons (Fsp3) is 1.00. The second-order valence-electron chi connectivity index (χ2n) is 6.24. The first-order valence-electron chi connectivity index (χ1n) is 7.69. The van der Waals surface area contributed by atoms with Crippen molar-refractivity contribution in [3.63, 3.8) is 0 Å². The molecule has 2 rings (SSSR count). The molecule has 0 amide bonds. The standard InChI is InChI=1S/C15H30N2/c1-4-17-10-6-9-14(17)11-16-15-12(2)7-5-8-13(15)3/h12-16H,4-11H2,1-3H3. The Bertz CT molecular complexity index is 219. The van der Waals surface area contributed by atoms with Gasteiger partial charge in [-0.05, 0) is 50.6 Å². The minimum atomic E-state index is 0.767. The molecule has 1 N–H and O–H groups in total. The van der Waals surface area contributed by atoms with Gasteiger partial charge in [0, 0.05) is 18.6 Å². The molecule has 1 saturated heterocycles. The van der Waals surface area contributed by atoms with Gasteiger partial charge >= 0.3 is 0 Å². The average Bonchev–Trinajstić information content (AvgIpc) is 2.76. The molecule has 2 fully saturated rings. The summed E-state index contributed by atoms with van der Waals surface area (Å²) in [6, 6.07) is 1.57. The van der Waals surface area contributed by atoms with Crippen molar-refractivity contribution in [1.82, 2.24) is 10.2 Å². The maximum Gasteiger partial charge on any atom is 0.0221 e. The Hall–Kier alpha value is -0.0800. The summed E-state index contributed by atoms with van der Waals surface area (Å²) in [6.45, 7) is 10.9. The van der Waals surface area contributed by atoms with Gasteiger partial charge in [-0.1, -0.05) is 27.2 Å². The van der Waals surface area contributed by atoms with Crippen molar-refractivity contribution in [3.05, 3.63) is 0 Å². The molecule has 1 aliphatic carbocycles. The molecule has 100 valence electrons. The van der Waals surface area contributed by atoms with Gasteiger partial charge in [-0.2, -0.15) is 0 Å². The topological polar surface area (TPSA) is 15.3 Å². The zero-order chi connectivity index (χ0) is 12.3. The van der Waals surface area contributed by atoms with Crippen LogP contribution in [-0.4, -0.2) is 36.6 Å². The van der Waals surface area contributed by atoms with Gasteiger partial charge in [-0.3, -0.25) is 4.90 Å². The fourth-order valence-electron chi connectivity index (χ4n) is 3.90. The third-order valence-electron chi connectivity index (χ3n) is 5.04. The molecule has 0 aromatic rings. The van der Waals surface area contributed by atoms with E-state index < -0.39 is 0 Å². The van der Waals surface area contributed by atoms with E-state index in [2.05, 4.69) is 31.0 Å². The molecule has 0 aromatic heterocycles. The molecule has 3 atom stereocenters. The predicted molar refractivity (Wildman–Crippen MR) is 74.2 cm³/mol. The van der Waals surface area contributed by atoms with E-state index in [0.29, 0.717) is 0 Å². The van der Waals surface area contributed by atoms with Gasteiger partial charge in [0.2, 0.25) is 0 Å². The van der Waals surface area contributed by atoms with E-state index in [1.165, 1.54) is 51.7 Å². The number of likely N-dealkylation sites (N-methyl/N-ethyl adjacent to an activating group) is 1. The summed E-state index contributed by atoms with van der Waals surface area (Å²) in [7, 11) is 0. The summed E-state index contributed by atoms with van der Waals surface area (Å²) < 4.78 is 0. The SMILES string of the molecule is CCN1CCCC1CNC1C(C)CCCC1C. The van der Waals surface area contributed by atoms with E-state index in [1.54, 1.807) is 0 Å². The van der Waals surface area contributed by atoms with Crippen LogP contribution in [0.4, 0.5) is 0 Å². The Kier molecular flexibility index (Phi) is 4.87. The lowest BCUT2D eigenvalue weighted by molar-refractivity contribution is 0.185. The minimum absolute atomic E-state index is 0.767. The van der Waals surface area contributed by atoms with Gasteiger partial charge in [0.05, 0.1) is 0 Å². The van der Waals surface area contributed by atoms with Crippen molar-refractivity contribution in [2.45, 2.75) is 65.0 Å². The highest BCUT2D eigenvalue weighted by Crippen LogP contribution is 2.29. The summed E-state index contributed by atoms with van der Waals surface area (Å²) in [5, 5.41) is 3.89. The van der Waals surface area contributed by atoms with Gasteiger partial charge < -0.3 is 5.32 Å². The van der Waals surface area contributed by atoms with Gasteiger partial charge in [0.25, 0.3) is 0 Å². The molecule has 0 aromatic carbocycles. The molecule has 2 aliphatic rings. The molecule has 0 bridgehead atoms. The third-order valence-corrected chi connectivity index (χ3v) is 5.04. The average molecular weight is 238 g/mol. The second-order valence-corrected chi connectivity index (χ2v) is 6.24. The minimum Gasteiger partial charge on any atom is -0.312 e. The zero-order valence-electron chi connectivity index (χ0n) is 11.9. The molecular weight excluding hydrogens is 208 g/mol. The largest absolute Gasteiger partial charge is 0.312 e. The number of hydrogen-bond acceptors (Lipinski definition) is 2. The van der Waals surface area contributed by atoms with Crippen LogP contribution in [0.5, 0.6) is 0 Å². The van der Waals surface area contributed by atoms with Crippen molar-refractivity contribution in [2.75, 3.05) is 19.6 Å². The third kappa shape index (κ3) is 3.23. The molecule has 0 radical (unpaired) electrons. The van der Waals surface area contributed by atoms with Crippen LogP contribution in [0.3, 0.4) is 0 Å². The lowest BCUT2D eigenvalue weighted by atomic mass is 9.78. The first-order chi connectivity index (χ1) is 8.22. The van der Waals surface area contributed by atoms with E-state index >= 15 is 0 Å². The summed E-state index contributed by atoms with van der Waals surface area (Å²) in [5.41, 5.74) is 0. The van der Waals surface area contributed by atoms with Crippen molar-refractivity contribution in [3.8, 4) is 0 Å². The van der Waals surface area contributed by atoms with E-state index in [4.69, 9.17) is 0 Å². The van der Waals surface area contributed by atoms with E-state index in [9.17, 15) is 0 Å². The van der Waals surface area contributed by atoms with Crippen molar-refractivity contribution in [1.29, 1.82) is 0 Å². The molecule has 3 unspecified atom stereocenters. The van der Waals surface area contributed by atoms with Crippen LogP contribution < -0.4 is 5.32 Å². The monoisotopic (exact) mass is 238 g/mol. The Labute approximate surface area is 107 Å². The highest BCUT2D eigenvalue weighted by molar-refractivity contribution is 4.87. The van der Waals surface area contributed by atoms with Crippen LogP contribution in [0.25, 0.3) is 0 Å².